The first-order chi connectivity index (χ1) is 10.2. The third-order valence-electron chi connectivity index (χ3n) is 3.23. The van der Waals surface area contributed by atoms with E-state index in [-0.39, 0.29) is 5.69 Å². The summed E-state index contributed by atoms with van der Waals surface area (Å²) in [6.45, 7) is 0.642. The van der Waals surface area contributed by atoms with E-state index in [1.165, 1.54) is 6.07 Å². The topological polar surface area (TPSA) is 56.5 Å². The van der Waals surface area contributed by atoms with Crippen molar-refractivity contribution in [3.05, 3.63) is 47.8 Å². The summed E-state index contributed by atoms with van der Waals surface area (Å²) >= 11 is 0. The molecule has 0 saturated heterocycles. The van der Waals surface area contributed by atoms with E-state index in [1.54, 1.807) is 26.4 Å². The Bertz CT molecular complexity index is 617. The molecular weight excluding hydrogens is 271 g/mol. The van der Waals surface area contributed by atoms with Gasteiger partial charge in [0.2, 0.25) is 0 Å². The van der Waals surface area contributed by atoms with Crippen LogP contribution in [0.25, 0.3) is 0 Å². The maximum atomic E-state index is 13.3. The van der Waals surface area contributed by atoms with Crippen molar-refractivity contribution in [2.45, 2.75) is 6.42 Å². The molecule has 5 heteroatoms. The summed E-state index contributed by atoms with van der Waals surface area (Å²) in [6, 6.07) is 10.5. The molecule has 0 fully saturated rings. The van der Waals surface area contributed by atoms with Crippen LogP contribution in [0.4, 0.5) is 15.8 Å². The van der Waals surface area contributed by atoms with Crippen molar-refractivity contribution in [2.24, 2.45) is 0 Å². The first-order valence-corrected chi connectivity index (χ1v) is 6.64. The first kappa shape index (κ1) is 15.0. The lowest BCUT2D eigenvalue weighted by Gasteiger charge is -2.11. The highest BCUT2D eigenvalue weighted by molar-refractivity contribution is 5.66. The minimum Gasteiger partial charge on any atom is -0.493 e. The van der Waals surface area contributed by atoms with E-state index in [2.05, 4.69) is 5.32 Å². The molecule has 2 rings (SSSR count). The quantitative estimate of drug-likeness (QED) is 0.803. The molecule has 0 amide bonds. The summed E-state index contributed by atoms with van der Waals surface area (Å²) in [7, 11) is 3.21. The first-order valence-electron chi connectivity index (χ1n) is 6.64. The molecule has 0 aromatic heterocycles. The second-order valence-corrected chi connectivity index (χ2v) is 4.57. The predicted octanol–water partition coefficient (Wildman–Crippen LogP) is 3.08. The van der Waals surface area contributed by atoms with Crippen molar-refractivity contribution < 1.29 is 13.9 Å². The van der Waals surface area contributed by atoms with Crippen molar-refractivity contribution >= 4 is 11.4 Å². The van der Waals surface area contributed by atoms with Crippen LogP contribution in [0.15, 0.2) is 36.4 Å². The highest BCUT2D eigenvalue weighted by Crippen LogP contribution is 2.28. The van der Waals surface area contributed by atoms with Crippen LogP contribution in [-0.4, -0.2) is 20.8 Å². The van der Waals surface area contributed by atoms with Crippen LogP contribution in [0.3, 0.4) is 0 Å². The molecule has 0 aliphatic rings. The lowest BCUT2D eigenvalue weighted by atomic mass is 10.1. The summed E-state index contributed by atoms with van der Waals surface area (Å²) in [6.07, 6.45) is 0.760. The van der Waals surface area contributed by atoms with Gasteiger partial charge in [-0.2, -0.15) is 0 Å². The lowest BCUT2D eigenvalue weighted by molar-refractivity contribution is 0.354. The molecule has 0 atom stereocenters. The highest BCUT2D eigenvalue weighted by Gasteiger charge is 2.06. The Labute approximate surface area is 123 Å². The van der Waals surface area contributed by atoms with E-state index in [0.29, 0.717) is 23.7 Å². The van der Waals surface area contributed by atoms with E-state index in [1.807, 2.05) is 18.2 Å². The zero-order chi connectivity index (χ0) is 15.2. The van der Waals surface area contributed by atoms with Crippen LogP contribution in [0.2, 0.25) is 0 Å². The number of ether oxygens (including phenoxy) is 2. The monoisotopic (exact) mass is 290 g/mol. The van der Waals surface area contributed by atoms with Crippen molar-refractivity contribution in [3.8, 4) is 11.5 Å². The Balaban J connectivity index is 1.99. The van der Waals surface area contributed by atoms with Gasteiger partial charge in [-0.15, -0.1) is 0 Å². The molecule has 112 valence electrons. The second kappa shape index (κ2) is 6.83. The minimum absolute atomic E-state index is 0.143. The number of nitrogens with two attached hydrogens (primary N) is 1. The van der Waals surface area contributed by atoms with E-state index >= 15 is 0 Å². The average Bonchev–Trinajstić information content (AvgIpc) is 2.51. The number of benzene rings is 2. The van der Waals surface area contributed by atoms with Gasteiger partial charge in [-0.05, 0) is 36.2 Å². The van der Waals surface area contributed by atoms with Crippen molar-refractivity contribution in [1.82, 2.24) is 0 Å². The number of para-hydroxylation sites is 1. The predicted molar refractivity (Wildman–Crippen MR) is 82.6 cm³/mol. The van der Waals surface area contributed by atoms with Gasteiger partial charge < -0.3 is 20.5 Å². The maximum Gasteiger partial charge on any atom is 0.160 e. The fourth-order valence-corrected chi connectivity index (χ4v) is 2.07. The van der Waals surface area contributed by atoms with Gasteiger partial charge in [0.05, 0.1) is 25.6 Å². The largest absolute Gasteiger partial charge is 0.493 e. The van der Waals surface area contributed by atoms with Crippen LogP contribution in [0.1, 0.15) is 5.56 Å². The smallest absolute Gasteiger partial charge is 0.160 e. The zero-order valence-corrected chi connectivity index (χ0v) is 12.2. The van der Waals surface area contributed by atoms with Crippen LogP contribution < -0.4 is 20.5 Å². The van der Waals surface area contributed by atoms with E-state index in [0.717, 1.165) is 12.0 Å². The Morgan fingerprint density at radius 1 is 1.10 bits per heavy atom. The fourth-order valence-electron chi connectivity index (χ4n) is 2.07. The molecular formula is C16H19FN2O2. The molecule has 0 spiro atoms. The van der Waals surface area contributed by atoms with Crippen LogP contribution in [0, 0.1) is 5.82 Å². The summed E-state index contributed by atoms with van der Waals surface area (Å²) in [5, 5.41) is 3.13. The number of hydrogen-bond acceptors (Lipinski definition) is 4. The maximum absolute atomic E-state index is 13.3. The van der Waals surface area contributed by atoms with Crippen molar-refractivity contribution in [2.75, 3.05) is 31.8 Å². The Kier molecular flexibility index (Phi) is 4.87. The SMILES string of the molecule is COc1ccc(CCNc2cccc(F)c2N)cc1OC. The number of hydrogen-bond donors (Lipinski definition) is 2. The highest BCUT2D eigenvalue weighted by atomic mass is 19.1. The summed E-state index contributed by atoms with van der Waals surface area (Å²) in [4.78, 5) is 0. The summed E-state index contributed by atoms with van der Waals surface area (Å²) in [5.74, 6) is 0.981. The molecule has 4 nitrogen and oxygen atoms in total. The van der Waals surface area contributed by atoms with Crippen LogP contribution in [-0.2, 0) is 6.42 Å². The van der Waals surface area contributed by atoms with Gasteiger partial charge in [0, 0.05) is 6.54 Å². The second-order valence-electron chi connectivity index (χ2n) is 4.57. The molecule has 0 radical (unpaired) electrons. The summed E-state index contributed by atoms with van der Waals surface area (Å²) in [5.41, 5.74) is 7.51. The average molecular weight is 290 g/mol. The number of nitrogens with one attached hydrogen (secondary N) is 1. The molecule has 0 unspecified atom stereocenters. The zero-order valence-electron chi connectivity index (χ0n) is 12.2. The van der Waals surface area contributed by atoms with E-state index in [9.17, 15) is 4.39 Å². The molecule has 0 bridgehead atoms. The molecule has 0 aliphatic heterocycles. The normalized spacial score (nSPS) is 10.2. The standard InChI is InChI=1S/C16H19FN2O2/c1-20-14-7-6-11(10-15(14)21-2)8-9-19-13-5-3-4-12(17)16(13)18/h3-7,10,19H,8-9,18H2,1-2H3. The molecule has 0 saturated carbocycles. The number of anilines is 2. The van der Waals surface area contributed by atoms with Gasteiger partial charge in [0.25, 0.3) is 0 Å². The Morgan fingerprint density at radius 2 is 1.86 bits per heavy atom. The van der Waals surface area contributed by atoms with Gasteiger partial charge in [-0.3, -0.25) is 0 Å². The van der Waals surface area contributed by atoms with Gasteiger partial charge >= 0.3 is 0 Å². The van der Waals surface area contributed by atoms with Gasteiger partial charge in [-0.25, -0.2) is 4.39 Å². The fraction of sp³-hybridized carbons (Fsp3) is 0.250. The Hall–Kier alpha value is -2.43. The molecule has 3 N–H and O–H groups in total. The van der Waals surface area contributed by atoms with Crippen LogP contribution >= 0.6 is 0 Å². The molecule has 0 heterocycles. The third kappa shape index (κ3) is 3.56. The molecule has 2 aromatic carbocycles. The lowest BCUT2D eigenvalue weighted by Crippen LogP contribution is -2.08. The molecule has 21 heavy (non-hydrogen) atoms. The van der Waals surface area contributed by atoms with Crippen molar-refractivity contribution in [1.29, 1.82) is 0 Å². The van der Waals surface area contributed by atoms with E-state index in [4.69, 9.17) is 15.2 Å². The van der Waals surface area contributed by atoms with Gasteiger partial charge in [-0.1, -0.05) is 12.1 Å². The van der Waals surface area contributed by atoms with Gasteiger partial charge in [0.1, 0.15) is 5.82 Å². The minimum atomic E-state index is -0.411. The van der Waals surface area contributed by atoms with Crippen LogP contribution in [0.5, 0.6) is 11.5 Å². The Morgan fingerprint density at radius 3 is 2.57 bits per heavy atom. The molecule has 2 aromatic rings. The number of nitrogen functional groups attached to an aromatic ring is 1. The third-order valence-corrected chi connectivity index (χ3v) is 3.23. The molecule has 0 aliphatic carbocycles. The number of halogens is 1. The summed E-state index contributed by atoms with van der Waals surface area (Å²) < 4.78 is 23.8. The van der Waals surface area contributed by atoms with Crippen molar-refractivity contribution in [3.63, 3.8) is 0 Å². The van der Waals surface area contributed by atoms with Gasteiger partial charge in [0.15, 0.2) is 11.5 Å². The number of rotatable bonds is 6. The van der Waals surface area contributed by atoms with E-state index < -0.39 is 5.82 Å². The number of methoxy groups -OCH3 is 2.